The molecule has 162 valence electrons. The SMILES string of the molecule is COc1cccc(COC(=O)c2ccc(S(=O)(=O)N3CCCC[C@@H]3C)cc2)c1OC. The minimum atomic E-state index is -3.57. The number of sulfonamides is 1. The van der Waals surface area contributed by atoms with Crippen molar-refractivity contribution in [1.29, 1.82) is 0 Å². The zero-order valence-electron chi connectivity index (χ0n) is 17.5. The maximum absolute atomic E-state index is 12.9. The lowest BCUT2D eigenvalue weighted by molar-refractivity contribution is 0.0469. The number of benzene rings is 2. The van der Waals surface area contributed by atoms with E-state index in [0.29, 0.717) is 23.6 Å². The van der Waals surface area contributed by atoms with Crippen molar-refractivity contribution < 1.29 is 27.4 Å². The van der Waals surface area contributed by atoms with Crippen molar-refractivity contribution in [3.63, 3.8) is 0 Å². The van der Waals surface area contributed by atoms with Crippen molar-refractivity contribution in [2.24, 2.45) is 0 Å². The first kappa shape index (κ1) is 22.1. The fourth-order valence-electron chi connectivity index (χ4n) is 3.62. The highest BCUT2D eigenvalue weighted by Crippen LogP contribution is 2.31. The van der Waals surface area contributed by atoms with Crippen molar-refractivity contribution in [2.75, 3.05) is 20.8 Å². The molecule has 1 atom stereocenters. The van der Waals surface area contributed by atoms with Crippen molar-refractivity contribution in [3.8, 4) is 11.5 Å². The fraction of sp³-hybridized carbons (Fsp3) is 0.409. The van der Waals surface area contributed by atoms with Gasteiger partial charge in [-0.25, -0.2) is 13.2 Å². The van der Waals surface area contributed by atoms with E-state index >= 15 is 0 Å². The molecular formula is C22H27NO6S. The average molecular weight is 434 g/mol. The summed E-state index contributed by atoms with van der Waals surface area (Å²) in [5.74, 6) is 0.507. The smallest absolute Gasteiger partial charge is 0.338 e. The van der Waals surface area contributed by atoms with Gasteiger partial charge in [0, 0.05) is 18.2 Å². The second-order valence-corrected chi connectivity index (χ2v) is 9.10. The van der Waals surface area contributed by atoms with E-state index in [0.717, 1.165) is 19.3 Å². The van der Waals surface area contributed by atoms with Crippen LogP contribution in [0.5, 0.6) is 11.5 Å². The van der Waals surface area contributed by atoms with Gasteiger partial charge in [-0.3, -0.25) is 0 Å². The van der Waals surface area contributed by atoms with Crippen molar-refractivity contribution in [3.05, 3.63) is 53.6 Å². The maximum atomic E-state index is 12.9. The van der Waals surface area contributed by atoms with E-state index in [-0.39, 0.29) is 23.1 Å². The quantitative estimate of drug-likeness (QED) is 0.620. The molecule has 8 heteroatoms. The first-order valence-corrected chi connectivity index (χ1v) is 11.3. The number of hydrogen-bond donors (Lipinski definition) is 0. The number of esters is 1. The molecule has 7 nitrogen and oxygen atoms in total. The number of piperidine rings is 1. The van der Waals surface area contributed by atoms with Gasteiger partial charge in [-0.2, -0.15) is 4.31 Å². The van der Waals surface area contributed by atoms with Crippen LogP contribution in [-0.4, -0.2) is 45.5 Å². The molecule has 0 unspecified atom stereocenters. The predicted octanol–water partition coefficient (Wildman–Crippen LogP) is 3.62. The predicted molar refractivity (Wildman–Crippen MR) is 112 cm³/mol. The Kier molecular flexibility index (Phi) is 6.99. The average Bonchev–Trinajstić information content (AvgIpc) is 2.77. The lowest BCUT2D eigenvalue weighted by atomic mass is 10.1. The van der Waals surface area contributed by atoms with Gasteiger partial charge in [0.05, 0.1) is 24.7 Å². The molecule has 1 aliphatic rings. The van der Waals surface area contributed by atoms with Crippen LogP contribution in [0.15, 0.2) is 47.4 Å². The first-order chi connectivity index (χ1) is 14.4. The number of nitrogens with zero attached hydrogens (tertiary/aromatic N) is 1. The summed E-state index contributed by atoms with van der Waals surface area (Å²) in [5.41, 5.74) is 0.950. The Morgan fingerprint density at radius 3 is 2.43 bits per heavy atom. The summed E-state index contributed by atoms with van der Waals surface area (Å²) >= 11 is 0. The molecule has 2 aromatic carbocycles. The Hall–Kier alpha value is -2.58. The van der Waals surface area contributed by atoms with E-state index in [4.69, 9.17) is 14.2 Å². The molecule has 1 heterocycles. The topological polar surface area (TPSA) is 82.1 Å². The summed E-state index contributed by atoms with van der Waals surface area (Å²) in [5, 5.41) is 0. The molecule has 1 aliphatic heterocycles. The summed E-state index contributed by atoms with van der Waals surface area (Å²) in [6, 6.07) is 11.2. The molecular weight excluding hydrogens is 406 g/mol. The summed E-state index contributed by atoms with van der Waals surface area (Å²) in [6.45, 7) is 2.45. The number of rotatable bonds is 7. The molecule has 0 N–H and O–H groups in total. The summed E-state index contributed by atoms with van der Waals surface area (Å²) in [6.07, 6.45) is 2.76. The van der Waals surface area contributed by atoms with Crippen molar-refractivity contribution in [1.82, 2.24) is 4.31 Å². The molecule has 1 saturated heterocycles. The van der Waals surface area contributed by atoms with E-state index in [9.17, 15) is 13.2 Å². The van der Waals surface area contributed by atoms with Crippen LogP contribution in [0.1, 0.15) is 42.1 Å². The number of carbonyl (C=O) groups excluding carboxylic acids is 1. The number of para-hydroxylation sites is 1. The van der Waals surface area contributed by atoms with Crippen LogP contribution in [-0.2, 0) is 21.4 Å². The van der Waals surface area contributed by atoms with Gasteiger partial charge in [-0.15, -0.1) is 0 Å². The Morgan fingerprint density at radius 2 is 1.80 bits per heavy atom. The Morgan fingerprint density at radius 1 is 1.07 bits per heavy atom. The fourth-order valence-corrected chi connectivity index (χ4v) is 5.32. The monoisotopic (exact) mass is 433 g/mol. The van der Waals surface area contributed by atoms with Crippen LogP contribution in [0.25, 0.3) is 0 Å². The molecule has 1 fully saturated rings. The maximum Gasteiger partial charge on any atom is 0.338 e. The Balaban J connectivity index is 1.70. The second-order valence-electron chi connectivity index (χ2n) is 7.21. The Labute approximate surface area is 177 Å². The zero-order chi connectivity index (χ0) is 21.7. The van der Waals surface area contributed by atoms with Gasteiger partial charge in [0.25, 0.3) is 0 Å². The summed E-state index contributed by atoms with van der Waals surface area (Å²) in [7, 11) is -0.520. The molecule has 2 aromatic rings. The van der Waals surface area contributed by atoms with Crippen LogP contribution in [0.4, 0.5) is 0 Å². The van der Waals surface area contributed by atoms with Gasteiger partial charge >= 0.3 is 5.97 Å². The van der Waals surface area contributed by atoms with Gasteiger partial charge in [-0.05, 0) is 50.1 Å². The largest absolute Gasteiger partial charge is 0.493 e. The van der Waals surface area contributed by atoms with E-state index in [2.05, 4.69) is 0 Å². The minimum absolute atomic E-state index is 0.00451. The number of hydrogen-bond acceptors (Lipinski definition) is 6. The number of ether oxygens (including phenoxy) is 3. The molecule has 0 radical (unpaired) electrons. The van der Waals surface area contributed by atoms with Gasteiger partial charge in [0.15, 0.2) is 11.5 Å². The van der Waals surface area contributed by atoms with E-state index < -0.39 is 16.0 Å². The van der Waals surface area contributed by atoms with Crippen molar-refractivity contribution in [2.45, 2.75) is 43.7 Å². The standard InChI is InChI=1S/C22H27NO6S/c1-16-7-4-5-14-23(16)30(25,26)19-12-10-17(11-13-19)22(24)29-15-18-8-6-9-20(27-2)21(18)28-3/h6,8-13,16H,4-5,7,14-15H2,1-3H3/t16-/m0/s1. The lowest BCUT2D eigenvalue weighted by Crippen LogP contribution is -2.41. The molecule has 0 amide bonds. The van der Waals surface area contributed by atoms with Gasteiger partial charge in [-0.1, -0.05) is 18.6 Å². The van der Waals surface area contributed by atoms with E-state index in [1.807, 2.05) is 6.92 Å². The third-order valence-electron chi connectivity index (χ3n) is 5.28. The normalized spacial score (nSPS) is 17.4. The first-order valence-electron chi connectivity index (χ1n) is 9.87. The van der Waals surface area contributed by atoms with Crippen LogP contribution in [0.2, 0.25) is 0 Å². The third kappa shape index (κ3) is 4.60. The molecule has 3 rings (SSSR count). The Bertz CT molecular complexity index is 987. The van der Waals surface area contributed by atoms with Crippen molar-refractivity contribution >= 4 is 16.0 Å². The molecule has 30 heavy (non-hydrogen) atoms. The molecule has 0 aromatic heterocycles. The van der Waals surface area contributed by atoms with E-state index in [1.165, 1.54) is 38.5 Å². The van der Waals surface area contributed by atoms with E-state index in [1.54, 1.807) is 22.5 Å². The van der Waals surface area contributed by atoms with Gasteiger partial charge in [0.1, 0.15) is 6.61 Å². The highest BCUT2D eigenvalue weighted by Gasteiger charge is 2.31. The summed E-state index contributed by atoms with van der Waals surface area (Å²) in [4.78, 5) is 12.6. The minimum Gasteiger partial charge on any atom is -0.493 e. The molecule has 0 bridgehead atoms. The lowest BCUT2D eigenvalue weighted by Gasteiger charge is -2.32. The molecule has 0 spiro atoms. The second kappa shape index (κ2) is 9.49. The highest BCUT2D eigenvalue weighted by molar-refractivity contribution is 7.89. The zero-order valence-corrected chi connectivity index (χ0v) is 18.3. The molecule has 0 aliphatic carbocycles. The van der Waals surface area contributed by atoms with Gasteiger partial charge < -0.3 is 14.2 Å². The van der Waals surface area contributed by atoms with Crippen LogP contribution in [0, 0.1) is 0 Å². The highest BCUT2D eigenvalue weighted by atomic mass is 32.2. The van der Waals surface area contributed by atoms with Crippen LogP contribution >= 0.6 is 0 Å². The number of carbonyl (C=O) groups is 1. The third-order valence-corrected chi connectivity index (χ3v) is 7.31. The molecule has 0 saturated carbocycles. The summed E-state index contributed by atoms with van der Waals surface area (Å²) < 4.78 is 43.3. The van der Waals surface area contributed by atoms with Crippen LogP contribution < -0.4 is 9.47 Å². The van der Waals surface area contributed by atoms with Crippen LogP contribution in [0.3, 0.4) is 0 Å². The number of methoxy groups -OCH3 is 2. The van der Waals surface area contributed by atoms with Gasteiger partial charge in [0.2, 0.25) is 10.0 Å².